The molecule has 1 amide bonds. The molecule has 1 N–H and O–H groups in total. The molecule has 0 fully saturated rings. The average Bonchev–Trinajstić information content (AvgIpc) is 2.71. The third-order valence-electron chi connectivity index (χ3n) is 4.63. The molecule has 0 heterocycles. The molecule has 29 heavy (non-hydrogen) atoms. The van der Waals surface area contributed by atoms with Crippen LogP contribution in [0.1, 0.15) is 30.5 Å². The van der Waals surface area contributed by atoms with Crippen LogP contribution in [0, 0.1) is 0 Å². The van der Waals surface area contributed by atoms with E-state index >= 15 is 0 Å². The number of hydrogen-bond donors (Lipinski definition) is 1. The highest BCUT2D eigenvalue weighted by Crippen LogP contribution is 2.29. The van der Waals surface area contributed by atoms with Crippen LogP contribution < -0.4 is 14.8 Å². The Kier molecular flexibility index (Phi) is 7.64. The summed E-state index contributed by atoms with van der Waals surface area (Å²) < 4.78 is 35.9. The summed E-state index contributed by atoms with van der Waals surface area (Å²) in [6.45, 7) is 1.90. The molecule has 0 aliphatic rings. The number of aryl methyl sites for hydroxylation is 1. The lowest BCUT2D eigenvalue weighted by Gasteiger charge is -2.16. The number of carbonyl (C=O) groups is 1. The first kappa shape index (κ1) is 22.7. The van der Waals surface area contributed by atoms with E-state index in [-0.39, 0.29) is 16.8 Å². The first-order chi connectivity index (χ1) is 13.7. The Morgan fingerprint density at radius 1 is 1.03 bits per heavy atom. The van der Waals surface area contributed by atoms with Crippen LogP contribution >= 0.6 is 0 Å². The Labute approximate surface area is 172 Å². The number of benzene rings is 2. The zero-order valence-electron chi connectivity index (χ0n) is 17.4. The third-order valence-corrected chi connectivity index (χ3v) is 6.46. The number of nitrogens with zero attached hydrogens (tertiary/aromatic N) is 1. The Hall–Kier alpha value is -2.58. The van der Waals surface area contributed by atoms with E-state index in [4.69, 9.17) is 9.47 Å². The molecule has 2 aromatic carbocycles. The maximum Gasteiger partial charge on any atom is 0.242 e. The van der Waals surface area contributed by atoms with Gasteiger partial charge in [-0.25, -0.2) is 12.7 Å². The van der Waals surface area contributed by atoms with Gasteiger partial charge in [-0.2, -0.15) is 0 Å². The number of sulfonamides is 1. The zero-order valence-corrected chi connectivity index (χ0v) is 18.2. The van der Waals surface area contributed by atoms with Crippen LogP contribution in [-0.2, 0) is 21.2 Å². The highest BCUT2D eigenvalue weighted by atomic mass is 32.2. The molecule has 8 heteroatoms. The fraction of sp³-hybridized carbons (Fsp3) is 0.381. The Balaban J connectivity index is 1.94. The van der Waals surface area contributed by atoms with Crippen LogP contribution in [0.2, 0.25) is 0 Å². The minimum Gasteiger partial charge on any atom is -0.493 e. The van der Waals surface area contributed by atoms with Crippen molar-refractivity contribution in [1.82, 2.24) is 9.62 Å². The summed E-state index contributed by atoms with van der Waals surface area (Å²) in [5.74, 6) is 1.16. The number of ether oxygens (including phenoxy) is 2. The molecule has 0 bridgehead atoms. The molecular formula is C21H28N2O5S. The van der Waals surface area contributed by atoms with Gasteiger partial charge in [0.2, 0.25) is 15.9 Å². The summed E-state index contributed by atoms with van der Waals surface area (Å²) in [7, 11) is 2.68. The van der Waals surface area contributed by atoms with E-state index in [0.717, 1.165) is 11.1 Å². The maximum atomic E-state index is 12.3. The lowest BCUT2D eigenvalue weighted by atomic mass is 10.1. The Morgan fingerprint density at radius 2 is 1.66 bits per heavy atom. The van der Waals surface area contributed by atoms with Gasteiger partial charge in [-0.1, -0.05) is 18.2 Å². The number of rotatable bonds is 9. The Morgan fingerprint density at radius 3 is 2.21 bits per heavy atom. The number of amides is 1. The monoisotopic (exact) mass is 420 g/mol. The van der Waals surface area contributed by atoms with E-state index < -0.39 is 10.0 Å². The van der Waals surface area contributed by atoms with Gasteiger partial charge < -0.3 is 14.8 Å². The molecule has 158 valence electrons. The summed E-state index contributed by atoms with van der Waals surface area (Å²) in [4.78, 5) is 12.6. The molecule has 0 aliphatic carbocycles. The normalized spacial score (nSPS) is 12.5. The van der Waals surface area contributed by atoms with Gasteiger partial charge in [-0.3, -0.25) is 4.79 Å². The van der Waals surface area contributed by atoms with Crippen LogP contribution in [0.5, 0.6) is 11.5 Å². The molecule has 2 rings (SSSR count). The molecule has 2 aromatic rings. The van der Waals surface area contributed by atoms with Crippen LogP contribution in [0.15, 0.2) is 47.4 Å². The minimum atomic E-state index is -3.45. The molecular weight excluding hydrogens is 392 g/mol. The number of nitrogens with one attached hydrogen (secondary N) is 1. The molecule has 0 aliphatic heterocycles. The van der Waals surface area contributed by atoms with Gasteiger partial charge in [0.15, 0.2) is 11.5 Å². The third kappa shape index (κ3) is 5.71. The quantitative estimate of drug-likeness (QED) is 0.674. The smallest absolute Gasteiger partial charge is 0.242 e. The lowest BCUT2D eigenvalue weighted by molar-refractivity contribution is -0.121. The van der Waals surface area contributed by atoms with Gasteiger partial charge in [-0.05, 0) is 48.7 Å². The van der Waals surface area contributed by atoms with E-state index in [1.807, 2.05) is 19.1 Å². The van der Waals surface area contributed by atoms with Crippen LogP contribution in [0.3, 0.4) is 0 Å². The largest absolute Gasteiger partial charge is 0.493 e. The van der Waals surface area contributed by atoms with Crippen molar-refractivity contribution in [1.29, 1.82) is 0 Å². The topological polar surface area (TPSA) is 84.9 Å². The van der Waals surface area contributed by atoms with Gasteiger partial charge >= 0.3 is 0 Å². The van der Waals surface area contributed by atoms with Crippen molar-refractivity contribution in [2.75, 3.05) is 28.3 Å². The van der Waals surface area contributed by atoms with E-state index in [2.05, 4.69) is 5.32 Å². The van der Waals surface area contributed by atoms with E-state index in [1.165, 1.54) is 18.4 Å². The highest BCUT2D eigenvalue weighted by Gasteiger charge is 2.17. The molecule has 0 aromatic heterocycles. The number of hydrogen-bond acceptors (Lipinski definition) is 5. The molecule has 0 saturated carbocycles. The molecule has 0 radical (unpaired) electrons. The van der Waals surface area contributed by atoms with Crippen molar-refractivity contribution in [3.63, 3.8) is 0 Å². The van der Waals surface area contributed by atoms with E-state index in [1.54, 1.807) is 44.6 Å². The van der Waals surface area contributed by atoms with Crippen molar-refractivity contribution < 1.29 is 22.7 Å². The van der Waals surface area contributed by atoms with E-state index in [0.29, 0.717) is 24.3 Å². The standard InChI is InChI=1S/C21H28N2O5S/c1-15(17-9-12-19(27-4)20(14-17)28-5)22-21(24)13-8-16-6-10-18(11-7-16)29(25,26)23(2)3/h6-7,9-12,14-15H,8,13H2,1-5H3,(H,22,24)/t15-/m1/s1. The van der Waals surface area contributed by atoms with Crippen LogP contribution in [0.4, 0.5) is 0 Å². The van der Waals surface area contributed by atoms with Gasteiger partial charge in [0, 0.05) is 20.5 Å². The van der Waals surface area contributed by atoms with Crippen molar-refractivity contribution in [2.24, 2.45) is 0 Å². The van der Waals surface area contributed by atoms with Gasteiger partial charge in [0.1, 0.15) is 0 Å². The predicted octanol–water partition coefficient (Wildman–Crippen LogP) is 2.76. The van der Waals surface area contributed by atoms with Crippen molar-refractivity contribution in [3.8, 4) is 11.5 Å². The minimum absolute atomic E-state index is 0.0859. The molecule has 0 unspecified atom stereocenters. The van der Waals surface area contributed by atoms with Gasteiger partial charge in [0.25, 0.3) is 0 Å². The van der Waals surface area contributed by atoms with Gasteiger partial charge in [0.05, 0.1) is 25.2 Å². The fourth-order valence-corrected chi connectivity index (χ4v) is 3.72. The molecule has 1 atom stereocenters. The van der Waals surface area contributed by atoms with Crippen molar-refractivity contribution in [2.45, 2.75) is 30.7 Å². The summed E-state index contributed by atoms with van der Waals surface area (Å²) >= 11 is 0. The van der Waals surface area contributed by atoms with E-state index in [9.17, 15) is 13.2 Å². The van der Waals surface area contributed by atoms with Gasteiger partial charge in [-0.15, -0.1) is 0 Å². The molecule has 7 nitrogen and oxygen atoms in total. The maximum absolute atomic E-state index is 12.3. The summed E-state index contributed by atoms with van der Waals surface area (Å²) in [6.07, 6.45) is 0.824. The van der Waals surface area contributed by atoms with Crippen molar-refractivity contribution >= 4 is 15.9 Å². The SMILES string of the molecule is COc1ccc([C@@H](C)NC(=O)CCc2ccc(S(=O)(=O)N(C)C)cc2)cc1OC. The summed E-state index contributed by atoms with van der Waals surface area (Å²) in [5, 5.41) is 2.97. The Bertz CT molecular complexity index is 940. The zero-order chi connectivity index (χ0) is 21.6. The predicted molar refractivity (Wildman–Crippen MR) is 112 cm³/mol. The van der Waals surface area contributed by atoms with Crippen LogP contribution in [-0.4, -0.2) is 46.9 Å². The fourth-order valence-electron chi connectivity index (χ4n) is 2.82. The van der Waals surface area contributed by atoms with Crippen LogP contribution in [0.25, 0.3) is 0 Å². The summed E-state index contributed by atoms with van der Waals surface area (Å²) in [6, 6.07) is 12.0. The first-order valence-electron chi connectivity index (χ1n) is 9.21. The van der Waals surface area contributed by atoms with Crippen molar-refractivity contribution in [3.05, 3.63) is 53.6 Å². The molecule has 0 saturated heterocycles. The summed E-state index contributed by atoms with van der Waals surface area (Å²) in [5.41, 5.74) is 1.81. The second kappa shape index (κ2) is 9.76. The second-order valence-electron chi connectivity index (χ2n) is 6.84. The highest BCUT2D eigenvalue weighted by molar-refractivity contribution is 7.89. The lowest BCUT2D eigenvalue weighted by Crippen LogP contribution is -2.26. The number of carbonyl (C=O) groups excluding carboxylic acids is 1. The average molecular weight is 421 g/mol. The second-order valence-corrected chi connectivity index (χ2v) is 8.99. The molecule has 0 spiro atoms. The number of methoxy groups -OCH3 is 2. The first-order valence-corrected chi connectivity index (χ1v) is 10.7.